The minimum absolute atomic E-state index is 0.549. The van der Waals surface area contributed by atoms with Crippen LogP contribution < -0.4 is 10.2 Å². The molecule has 0 aromatic heterocycles. The Balaban J connectivity index is 1.78. The van der Waals surface area contributed by atoms with E-state index in [0.29, 0.717) is 6.71 Å². The lowest BCUT2D eigenvalue weighted by Crippen LogP contribution is -2.22. The van der Waals surface area contributed by atoms with Crippen LogP contribution in [0.15, 0.2) is 54.6 Å². The summed E-state index contributed by atoms with van der Waals surface area (Å²) in [6.07, 6.45) is 2.13. The molecule has 0 unspecified atom stereocenters. The molecule has 0 heterocycles. The first kappa shape index (κ1) is 13.7. The first-order valence-corrected chi connectivity index (χ1v) is 7.02. The van der Waals surface area contributed by atoms with Crippen molar-refractivity contribution in [3.8, 4) is 5.75 Å². The van der Waals surface area contributed by atoms with Gasteiger partial charge in [-0.15, -0.1) is 0 Å². The second-order valence-electron chi connectivity index (χ2n) is 5.16. The van der Waals surface area contributed by atoms with Gasteiger partial charge >= 0.3 is 0 Å². The zero-order chi connectivity index (χ0) is 13.5. The third kappa shape index (κ3) is 4.48. The summed E-state index contributed by atoms with van der Waals surface area (Å²) in [5.74, 6) is 0.985. The number of aryl methyl sites for hydroxylation is 1. The molecule has 0 radical (unpaired) electrons. The molecule has 0 aliphatic carbocycles. The number of hydrogen-bond acceptors (Lipinski definition) is 1. The Bertz CT molecular complexity index is 494. The lowest BCUT2D eigenvalue weighted by molar-refractivity contribution is 0.311. The van der Waals surface area contributed by atoms with Crippen molar-refractivity contribution in [3.05, 3.63) is 60.2 Å². The summed E-state index contributed by atoms with van der Waals surface area (Å²) in [5.41, 5.74) is 2.71. The zero-order valence-electron chi connectivity index (χ0n) is 11.8. The van der Waals surface area contributed by atoms with E-state index in [1.807, 2.05) is 6.07 Å². The van der Waals surface area contributed by atoms with Gasteiger partial charge in [-0.1, -0.05) is 61.6 Å². The maximum atomic E-state index is 5.82. The van der Waals surface area contributed by atoms with Gasteiger partial charge in [0, 0.05) is 0 Å². The normalized spacial score (nSPS) is 10.2. The molecule has 0 N–H and O–H groups in total. The van der Waals surface area contributed by atoms with Gasteiger partial charge in [0.25, 0.3) is 0 Å². The van der Waals surface area contributed by atoms with Crippen LogP contribution in [0, 0.1) is 0 Å². The highest BCUT2D eigenvalue weighted by molar-refractivity contribution is 6.70. The second kappa shape index (κ2) is 7.03. The highest BCUT2D eigenvalue weighted by Gasteiger charge is 2.03. The molecule has 0 saturated carbocycles. The van der Waals surface area contributed by atoms with Crippen molar-refractivity contribution in [1.29, 1.82) is 0 Å². The van der Waals surface area contributed by atoms with Crippen LogP contribution in [0.5, 0.6) is 5.75 Å². The molecule has 0 atom stereocenters. The van der Waals surface area contributed by atoms with E-state index in [9.17, 15) is 0 Å². The first-order valence-electron chi connectivity index (χ1n) is 7.02. The van der Waals surface area contributed by atoms with Crippen molar-refractivity contribution >= 4 is 12.2 Å². The van der Waals surface area contributed by atoms with E-state index in [0.717, 1.165) is 25.2 Å². The topological polar surface area (TPSA) is 9.23 Å². The summed E-state index contributed by atoms with van der Waals surface area (Å²) in [7, 11) is 0. The van der Waals surface area contributed by atoms with Crippen molar-refractivity contribution in [2.75, 3.05) is 6.61 Å². The Labute approximate surface area is 116 Å². The van der Waals surface area contributed by atoms with Crippen LogP contribution in [0.3, 0.4) is 0 Å². The molecule has 2 aromatic rings. The average molecular weight is 252 g/mol. The number of rotatable bonds is 6. The molecule has 98 valence electrons. The van der Waals surface area contributed by atoms with E-state index in [-0.39, 0.29) is 0 Å². The van der Waals surface area contributed by atoms with Gasteiger partial charge in [-0.05, 0) is 30.5 Å². The van der Waals surface area contributed by atoms with E-state index >= 15 is 0 Å². The van der Waals surface area contributed by atoms with Crippen molar-refractivity contribution in [2.24, 2.45) is 0 Å². The SMILES string of the molecule is CB(C)c1cccc(OCCCc2ccccc2)c1. The fourth-order valence-electron chi connectivity index (χ4n) is 2.07. The van der Waals surface area contributed by atoms with Gasteiger partial charge in [0.2, 0.25) is 0 Å². The molecule has 2 rings (SSSR count). The van der Waals surface area contributed by atoms with Gasteiger partial charge in [-0.2, -0.15) is 0 Å². The van der Waals surface area contributed by atoms with Crippen LogP contribution in [0.2, 0.25) is 13.6 Å². The largest absolute Gasteiger partial charge is 0.494 e. The third-order valence-electron chi connectivity index (χ3n) is 3.25. The van der Waals surface area contributed by atoms with Crippen LogP contribution in [-0.4, -0.2) is 13.3 Å². The number of hydrogen-bond donors (Lipinski definition) is 0. The molecule has 0 aliphatic rings. The molecule has 0 bridgehead atoms. The molecular formula is C17H21BO. The molecular weight excluding hydrogens is 231 g/mol. The van der Waals surface area contributed by atoms with Crippen LogP contribution in [0.25, 0.3) is 0 Å². The van der Waals surface area contributed by atoms with E-state index < -0.39 is 0 Å². The van der Waals surface area contributed by atoms with Crippen molar-refractivity contribution in [1.82, 2.24) is 0 Å². The maximum absolute atomic E-state index is 5.82. The molecule has 0 saturated heterocycles. The predicted octanol–water partition coefficient (Wildman–Crippen LogP) is 3.66. The Morgan fingerprint density at radius 1 is 0.947 bits per heavy atom. The van der Waals surface area contributed by atoms with Crippen molar-refractivity contribution < 1.29 is 4.74 Å². The first-order chi connectivity index (χ1) is 9.25. The van der Waals surface area contributed by atoms with Gasteiger partial charge < -0.3 is 4.74 Å². The standard InChI is InChI=1S/C17H21BO/c1-18(2)16-11-6-12-17(14-16)19-13-7-10-15-8-4-3-5-9-15/h3-6,8-9,11-12,14H,7,10,13H2,1-2H3. The molecule has 0 spiro atoms. The van der Waals surface area contributed by atoms with Crippen molar-refractivity contribution in [3.63, 3.8) is 0 Å². The summed E-state index contributed by atoms with van der Waals surface area (Å²) in [4.78, 5) is 0. The molecule has 2 aromatic carbocycles. The summed E-state index contributed by atoms with van der Waals surface area (Å²) >= 11 is 0. The summed E-state index contributed by atoms with van der Waals surface area (Å²) in [5, 5.41) is 0. The minimum Gasteiger partial charge on any atom is -0.494 e. The van der Waals surface area contributed by atoms with Crippen LogP contribution >= 0.6 is 0 Å². The van der Waals surface area contributed by atoms with Gasteiger partial charge in [-0.25, -0.2) is 0 Å². The quantitative estimate of drug-likeness (QED) is 0.563. The van der Waals surface area contributed by atoms with Crippen LogP contribution in [-0.2, 0) is 6.42 Å². The Morgan fingerprint density at radius 2 is 1.74 bits per heavy atom. The second-order valence-corrected chi connectivity index (χ2v) is 5.16. The molecule has 0 fully saturated rings. The lowest BCUT2D eigenvalue weighted by Gasteiger charge is -2.09. The van der Waals surface area contributed by atoms with Crippen LogP contribution in [0.1, 0.15) is 12.0 Å². The molecule has 1 nitrogen and oxygen atoms in total. The molecule has 19 heavy (non-hydrogen) atoms. The fraction of sp³-hybridized carbons (Fsp3) is 0.294. The molecule has 0 amide bonds. The predicted molar refractivity (Wildman–Crippen MR) is 83.8 cm³/mol. The Kier molecular flexibility index (Phi) is 5.08. The Hall–Kier alpha value is -1.70. The maximum Gasteiger partial charge on any atom is 0.169 e. The smallest absolute Gasteiger partial charge is 0.169 e. The van der Waals surface area contributed by atoms with E-state index in [4.69, 9.17) is 4.74 Å². The third-order valence-corrected chi connectivity index (χ3v) is 3.25. The summed E-state index contributed by atoms with van der Waals surface area (Å²) < 4.78 is 5.82. The van der Waals surface area contributed by atoms with E-state index in [1.165, 1.54) is 11.0 Å². The monoisotopic (exact) mass is 252 g/mol. The van der Waals surface area contributed by atoms with Gasteiger partial charge in [0.15, 0.2) is 6.71 Å². The highest BCUT2D eigenvalue weighted by atomic mass is 16.5. The summed E-state index contributed by atoms with van der Waals surface area (Å²) in [6, 6.07) is 19.0. The minimum atomic E-state index is 0.549. The average Bonchev–Trinajstić information content (AvgIpc) is 2.45. The number of ether oxygens (including phenoxy) is 1. The van der Waals surface area contributed by atoms with Gasteiger partial charge in [0.1, 0.15) is 5.75 Å². The Morgan fingerprint density at radius 3 is 2.47 bits per heavy atom. The summed E-state index contributed by atoms with van der Waals surface area (Å²) in [6.45, 7) is 5.73. The van der Waals surface area contributed by atoms with E-state index in [1.54, 1.807) is 0 Å². The molecule has 2 heteroatoms. The highest BCUT2D eigenvalue weighted by Crippen LogP contribution is 2.09. The fourth-order valence-corrected chi connectivity index (χ4v) is 2.07. The van der Waals surface area contributed by atoms with Gasteiger partial charge in [0.05, 0.1) is 6.61 Å². The van der Waals surface area contributed by atoms with Crippen LogP contribution in [0.4, 0.5) is 0 Å². The lowest BCUT2D eigenvalue weighted by atomic mass is 9.49. The van der Waals surface area contributed by atoms with Gasteiger partial charge in [-0.3, -0.25) is 0 Å². The number of benzene rings is 2. The zero-order valence-corrected chi connectivity index (χ0v) is 11.8. The van der Waals surface area contributed by atoms with E-state index in [2.05, 4.69) is 62.2 Å². The van der Waals surface area contributed by atoms with Crippen molar-refractivity contribution in [2.45, 2.75) is 26.5 Å². The molecule has 0 aliphatic heterocycles.